The Bertz CT molecular complexity index is 850. The molecule has 0 spiro atoms. The van der Waals surface area contributed by atoms with Gasteiger partial charge in [0.25, 0.3) is 5.91 Å². The van der Waals surface area contributed by atoms with E-state index in [0.29, 0.717) is 17.1 Å². The van der Waals surface area contributed by atoms with Gasteiger partial charge in [-0.2, -0.15) is 5.10 Å². The molecule has 0 saturated carbocycles. The van der Waals surface area contributed by atoms with E-state index in [-0.39, 0.29) is 18.6 Å². The first-order valence-electron chi connectivity index (χ1n) is 8.29. The van der Waals surface area contributed by atoms with Crippen LogP contribution in [-0.4, -0.2) is 29.4 Å². The zero-order chi connectivity index (χ0) is 18.1. The summed E-state index contributed by atoms with van der Waals surface area (Å²) in [5, 5.41) is 7.48. The standard InChI is InChI=1S/C19H23N3O3/c1-11(2)22-13(4)17(12(3)21-22)20-19(23)15-9-14-7-6-8-16(24-5)18(14)25-10-15/h6-9,11H,10H2,1-5H3,(H,20,23). The minimum atomic E-state index is -0.178. The molecule has 1 aliphatic rings. The second kappa shape index (κ2) is 6.63. The number of fused-ring (bicyclic) bond motifs is 1. The maximum absolute atomic E-state index is 12.7. The number of ether oxygens (including phenoxy) is 2. The Labute approximate surface area is 147 Å². The first-order valence-corrected chi connectivity index (χ1v) is 8.29. The van der Waals surface area contributed by atoms with Crippen LogP contribution in [0.3, 0.4) is 0 Å². The van der Waals surface area contributed by atoms with E-state index in [1.54, 1.807) is 7.11 Å². The SMILES string of the molecule is COc1cccc2c1OCC(C(=O)Nc1c(C)nn(C(C)C)c1C)=C2. The molecule has 0 unspecified atom stereocenters. The summed E-state index contributed by atoms with van der Waals surface area (Å²) < 4.78 is 13.0. The Kier molecular flexibility index (Phi) is 4.53. The van der Waals surface area contributed by atoms with Crippen molar-refractivity contribution in [1.82, 2.24) is 9.78 Å². The topological polar surface area (TPSA) is 65.4 Å². The Morgan fingerprint density at radius 2 is 2.12 bits per heavy atom. The minimum absolute atomic E-state index is 0.178. The molecule has 0 radical (unpaired) electrons. The van der Waals surface area contributed by atoms with Gasteiger partial charge in [0.15, 0.2) is 11.5 Å². The van der Waals surface area contributed by atoms with Crippen LogP contribution in [-0.2, 0) is 4.79 Å². The number of hydrogen-bond acceptors (Lipinski definition) is 4. The molecule has 6 nitrogen and oxygen atoms in total. The largest absolute Gasteiger partial charge is 0.493 e. The van der Waals surface area contributed by atoms with Crippen molar-refractivity contribution in [3.63, 3.8) is 0 Å². The van der Waals surface area contributed by atoms with Gasteiger partial charge in [0.2, 0.25) is 0 Å². The molecule has 2 aromatic rings. The summed E-state index contributed by atoms with van der Waals surface area (Å²) in [4.78, 5) is 12.7. The maximum atomic E-state index is 12.7. The van der Waals surface area contributed by atoms with Crippen LogP contribution in [0.5, 0.6) is 11.5 Å². The highest BCUT2D eigenvalue weighted by atomic mass is 16.5. The van der Waals surface area contributed by atoms with Crippen LogP contribution in [0, 0.1) is 13.8 Å². The molecular weight excluding hydrogens is 318 g/mol. The van der Waals surface area contributed by atoms with Crippen LogP contribution in [0.4, 0.5) is 5.69 Å². The number of hydrogen-bond donors (Lipinski definition) is 1. The van der Waals surface area contributed by atoms with E-state index >= 15 is 0 Å². The molecule has 132 valence electrons. The van der Waals surface area contributed by atoms with E-state index in [0.717, 1.165) is 22.6 Å². The van der Waals surface area contributed by atoms with Gasteiger partial charge in [0, 0.05) is 11.6 Å². The van der Waals surface area contributed by atoms with Crippen LogP contribution < -0.4 is 14.8 Å². The van der Waals surface area contributed by atoms with Gasteiger partial charge in [-0.15, -0.1) is 0 Å². The van der Waals surface area contributed by atoms with Crippen molar-refractivity contribution in [2.45, 2.75) is 33.7 Å². The number of methoxy groups -OCH3 is 1. The number of amides is 1. The van der Waals surface area contributed by atoms with Crippen molar-refractivity contribution >= 4 is 17.7 Å². The molecular formula is C19H23N3O3. The van der Waals surface area contributed by atoms with Gasteiger partial charge < -0.3 is 14.8 Å². The van der Waals surface area contributed by atoms with Crippen molar-refractivity contribution < 1.29 is 14.3 Å². The zero-order valence-electron chi connectivity index (χ0n) is 15.2. The summed E-state index contributed by atoms with van der Waals surface area (Å²) in [6.07, 6.45) is 1.84. The normalized spacial score (nSPS) is 13.1. The van der Waals surface area contributed by atoms with Crippen molar-refractivity contribution in [2.24, 2.45) is 0 Å². The Morgan fingerprint density at radius 3 is 2.76 bits per heavy atom. The zero-order valence-corrected chi connectivity index (χ0v) is 15.2. The van der Waals surface area contributed by atoms with Gasteiger partial charge in [0.05, 0.1) is 29.8 Å². The Hall–Kier alpha value is -2.76. The highest BCUT2D eigenvalue weighted by molar-refractivity contribution is 6.08. The van der Waals surface area contributed by atoms with E-state index in [4.69, 9.17) is 9.47 Å². The number of benzene rings is 1. The molecule has 2 heterocycles. The van der Waals surface area contributed by atoms with E-state index in [9.17, 15) is 4.79 Å². The van der Waals surface area contributed by atoms with E-state index < -0.39 is 0 Å². The first-order chi connectivity index (χ1) is 11.9. The third-order valence-corrected chi connectivity index (χ3v) is 4.28. The third kappa shape index (κ3) is 3.12. The molecule has 1 amide bonds. The van der Waals surface area contributed by atoms with Gasteiger partial charge in [-0.3, -0.25) is 9.48 Å². The lowest BCUT2D eigenvalue weighted by Gasteiger charge is -2.19. The molecule has 0 fully saturated rings. The highest BCUT2D eigenvalue weighted by Gasteiger charge is 2.22. The summed E-state index contributed by atoms with van der Waals surface area (Å²) in [7, 11) is 1.60. The summed E-state index contributed by atoms with van der Waals surface area (Å²) >= 11 is 0. The van der Waals surface area contributed by atoms with Crippen LogP contribution in [0.2, 0.25) is 0 Å². The molecule has 0 atom stereocenters. The quantitative estimate of drug-likeness (QED) is 0.924. The van der Waals surface area contributed by atoms with Crippen molar-refractivity contribution in [1.29, 1.82) is 0 Å². The lowest BCUT2D eigenvalue weighted by Crippen LogP contribution is -2.22. The number of anilines is 1. The number of nitrogens with one attached hydrogen (secondary N) is 1. The first kappa shape index (κ1) is 17.1. The van der Waals surface area contributed by atoms with Crippen LogP contribution in [0.25, 0.3) is 6.08 Å². The van der Waals surface area contributed by atoms with Crippen molar-refractivity contribution in [2.75, 3.05) is 19.0 Å². The third-order valence-electron chi connectivity index (χ3n) is 4.28. The summed E-state index contributed by atoms with van der Waals surface area (Å²) in [6.45, 7) is 8.18. The molecule has 0 saturated heterocycles. The predicted molar refractivity (Wildman–Crippen MR) is 97.2 cm³/mol. The van der Waals surface area contributed by atoms with E-state index in [1.165, 1.54) is 0 Å². The number of rotatable bonds is 4. The number of aryl methyl sites for hydroxylation is 1. The van der Waals surface area contributed by atoms with Crippen LogP contribution in [0.1, 0.15) is 36.8 Å². The molecule has 1 aliphatic heterocycles. The molecule has 6 heteroatoms. The second-order valence-electron chi connectivity index (χ2n) is 6.38. The highest BCUT2D eigenvalue weighted by Crippen LogP contribution is 2.35. The Balaban J connectivity index is 1.87. The Morgan fingerprint density at radius 1 is 1.36 bits per heavy atom. The fraction of sp³-hybridized carbons (Fsp3) is 0.368. The van der Waals surface area contributed by atoms with Crippen LogP contribution >= 0.6 is 0 Å². The fourth-order valence-electron chi connectivity index (χ4n) is 3.01. The predicted octanol–water partition coefficient (Wildman–Crippen LogP) is 3.50. The second-order valence-corrected chi connectivity index (χ2v) is 6.38. The number of nitrogens with zero attached hydrogens (tertiary/aromatic N) is 2. The number of para-hydroxylation sites is 1. The van der Waals surface area contributed by atoms with Gasteiger partial charge in [-0.25, -0.2) is 0 Å². The van der Waals surface area contributed by atoms with Crippen LogP contribution in [0.15, 0.2) is 23.8 Å². The molecule has 1 aromatic heterocycles. The summed E-state index contributed by atoms with van der Waals surface area (Å²) in [5.74, 6) is 1.16. The average Bonchev–Trinajstić information content (AvgIpc) is 2.89. The summed E-state index contributed by atoms with van der Waals surface area (Å²) in [6, 6.07) is 5.85. The van der Waals surface area contributed by atoms with E-state index in [2.05, 4.69) is 24.3 Å². The lowest BCUT2D eigenvalue weighted by atomic mass is 10.1. The molecule has 3 rings (SSSR count). The molecule has 0 aliphatic carbocycles. The van der Waals surface area contributed by atoms with Gasteiger partial charge in [0.1, 0.15) is 6.61 Å². The number of carbonyl (C=O) groups is 1. The minimum Gasteiger partial charge on any atom is -0.493 e. The number of aromatic nitrogens is 2. The number of carbonyl (C=O) groups excluding carboxylic acids is 1. The monoisotopic (exact) mass is 341 g/mol. The molecule has 1 aromatic carbocycles. The molecule has 1 N–H and O–H groups in total. The van der Waals surface area contributed by atoms with Gasteiger partial charge >= 0.3 is 0 Å². The fourth-order valence-corrected chi connectivity index (χ4v) is 3.01. The smallest absolute Gasteiger partial charge is 0.255 e. The lowest BCUT2D eigenvalue weighted by molar-refractivity contribution is -0.113. The maximum Gasteiger partial charge on any atom is 0.255 e. The van der Waals surface area contributed by atoms with Crippen molar-refractivity contribution in [3.8, 4) is 11.5 Å². The van der Waals surface area contributed by atoms with Gasteiger partial charge in [-0.05, 0) is 39.8 Å². The van der Waals surface area contributed by atoms with E-state index in [1.807, 2.05) is 42.8 Å². The average molecular weight is 341 g/mol. The van der Waals surface area contributed by atoms with Crippen molar-refractivity contribution in [3.05, 3.63) is 40.7 Å². The van der Waals surface area contributed by atoms with Gasteiger partial charge in [-0.1, -0.05) is 12.1 Å². The molecule has 25 heavy (non-hydrogen) atoms. The molecule has 0 bridgehead atoms. The summed E-state index contributed by atoms with van der Waals surface area (Å²) in [5.41, 5.74) is 3.91.